The molecule has 11 heteroatoms. The van der Waals surface area contributed by atoms with Crippen LogP contribution in [-0.4, -0.2) is 54.2 Å². The first-order chi connectivity index (χ1) is 15.7. The molecule has 0 radical (unpaired) electrons. The van der Waals surface area contributed by atoms with E-state index in [-0.39, 0.29) is 22.9 Å². The number of carbonyl (C=O) groups is 2. The van der Waals surface area contributed by atoms with Gasteiger partial charge in [0.25, 0.3) is 0 Å². The van der Waals surface area contributed by atoms with Gasteiger partial charge in [0, 0.05) is 5.56 Å². The molecule has 0 saturated heterocycles. The lowest BCUT2D eigenvalue weighted by molar-refractivity contribution is -0.139. The molecule has 2 rings (SSSR count). The van der Waals surface area contributed by atoms with Crippen molar-refractivity contribution in [3.05, 3.63) is 53.1 Å². The van der Waals surface area contributed by atoms with Crippen LogP contribution in [0.4, 0.5) is 5.69 Å². The quantitative estimate of drug-likeness (QED) is 0.192. The van der Waals surface area contributed by atoms with Crippen molar-refractivity contribution in [3.63, 3.8) is 0 Å². The zero-order valence-electron chi connectivity index (χ0n) is 18.5. The van der Waals surface area contributed by atoms with Crippen LogP contribution in [0.5, 0.6) is 11.5 Å². The minimum absolute atomic E-state index is 0.139. The number of carboxylic acids is 1. The van der Waals surface area contributed by atoms with E-state index in [0.29, 0.717) is 28.2 Å². The van der Waals surface area contributed by atoms with Gasteiger partial charge in [-0.2, -0.15) is 0 Å². The molecule has 0 aliphatic carbocycles. The second-order valence-electron chi connectivity index (χ2n) is 6.56. The van der Waals surface area contributed by atoms with Gasteiger partial charge >= 0.3 is 5.97 Å². The van der Waals surface area contributed by atoms with Crippen LogP contribution < -0.4 is 14.8 Å². The summed E-state index contributed by atoms with van der Waals surface area (Å²) in [6.45, 7) is 0. The van der Waals surface area contributed by atoms with Gasteiger partial charge in [-0.3, -0.25) is 9.59 Å². The number of nitrogens with one attached hydrogen (secondary N) is 1. The van der Waals surface area contributed by atoms with Crippen LogP contribution in [0, 0.1) is 0 Å². The maximum atomic E-state index is 12.0. The van der Waals surface area contributed by atoms with Crippen molar-refractivity contribution in [2.45, 2.75) is 12.2 Å². The Morgan fingerprint density at radius 1 is 0.939 bits per heavy atom. The lowest BCUT2D eigenvalue weighted by Crippen LogP contribution is -2.17. The summed E-state index contributed by atoms with van der Waals surface area (Å²) < 4.78 is 43.3. The molecule has 0 aliphatic heterocycles. The summed E-state index contributed by atoms with van der Waals surface area (Å²) in [5.74, 6) is -1.17. The number of carbonyl (C=O) groups excluding carboxylic acids is 1. The van der Waals surface area contributed by atoms with E-state index < -0.39 is 29.4 Å². The van der Waals surface area contributed by atoms with Crippen molar-refractivity contribution >= 4 is 40.2 Å². The maximum absolute atomic E-state index is 12.0. The maximum Gasteiger partial charge on any atom is 0.312 e. The Bertz CT molecular complexity index is 1080. The van der Waals surface area contributed by atoms with Gasteiger partial charge in [0.05, 0.1) is 45.4 Å². The summed E-state index contributed by atoms with van der Waals surface area (Å²) in [6.07, 6.45) is -0.753. The van der Waals surface area contributed by atoms with Crippen molar-refractivity contribution in [1.29, 1.82) is 0 Å². The number of aliphatic carboxylic acids is 1. The molecule has 10 nitrogen and oxygen atoms in total. The Balaban J connectivity index is 2.75. The van der Waals surface area contributed by atoms with Crippen LogP contribution in [-0.2, 0) is 35.9 Å². The smallest absolute Gasteiger partial charge is 0.312 e. The highest BCUT2D eigenvalue weighted by atomic mass is 32.2. The van der Waals surface area contributed by atoms with Crippen LogP contribution in [0.15, 0.2) is 36.4 Å². The van der Waals surface area contributed by atoms with E-state index in [9.17, 15) is 18.4 Å². The van der Waals surface area contributed by atoms with Crippen LogP contribution in [0.1, 0.15) is 23.1 Å². The van der Waals surface area contributed by atoms with Crippen molar-refractivity contribution < 1.29 is 42.4 Å². The van der Waals surface area contributed by atoms with E-state index in [2.05, 4.69) is 5.32 Å². The van der Waals surface area contributed by atoms with Gasteiger partial charge in [0.15, 0.2) is 22.6 Å². The highest BCUT2D eigenvalue weighted by Crippen LogP contribution is 2.38. The topological polar surface area (TPSA) is 141 Å². The van der Waals surface area contributed by atoms with E-state index in [1.807, 2.05) is 0 Å². The van der Waals surface area contributed by atoms with Crippen molar-refractivity contribution in [2.24, 2.45) is 0 Å². The molecule has 0 spiro atoms. The molecule has 1 unspecified atom stereocenters. The molecule has 0 aliphatic rings. The zero-order chi connectivity index (χ0) is 24.5. The Morgan fingerprint density at radius 3 is 2.09 bits per heavy atom. The molecule has 0 fully saturated rings. The Labute approximate surface area is 193 Å². The van der Waals surface area contributed by atoms with Gasteiger partial charge in [-0.1, -0.05) is 12.1 Å². The fourth-order valence-electron chi connectivity index (χ4n) is 3.17. The van der Waals surface area contributed by atoms with Crippen LogP contribution in [0.25, 0.3) is 11.5 Å². The SMILES string of the molecule is COC(=C(OC)c1ccccc1OC)c1cc(OC)c(NC(=O)CC(=O)O)cc1CS(=O)O. The third-order valence-electron chi connectivity index (χ3n) is 4.50. The lowest BCUT2D eigenvalue weighted by Gasteiger charge is -2.20. The van der Waals surface area contributed by atoms with Crippen molar-refractivity contribution in [1.82, 2.24) is 0 Å². The molecule has 0 aromatic heterocycles. The van der Waals surface area contributed by atoms with Crippen molar-refractivity contribution in [2.75, 3.05) is 33.8 Å². The van der Waals surface area contributed by atoms with Crippen LogP contribution >= 0.6 is 0 Å². The fourth-order valence-corrected chi connectivity index (χ4v) is 3.67. The van der Waals surface area contributed by atoms with E-state index in [4.69, 9.17) is 24.1 Å². The summed E-state index contributed by atoms with van der Waals surface area (Å²) in [6, 6.07) is 10.0. The largest absolute Gasteiger partial charge is 0.496 e. The normalized spacial score (nSPS) is 12.3. The highest BCUT2D eigenvalue weighted by Gasteiger charge is 2.23. The second-order valence-corrected chi connectivity index (χ2v) is 7.49. The Hall–Kier alpha value is -3.57. The number of benzene rings is 2. The van der Waals surface area contributed by atoms with E-state index in [0.717, 1.165) is 0 Å². The van der Waals surface area contributed by atoms with Gasteiger partial charge < -0.3 is 33.9 Å². The van der Waals surface area contributed by atoms with Crippen LogP contribution in [0.2, 0.25) is 0 Å². The van der Waals surface area contributed by atoms with E-state index in [1.165, 1.54) is 40.6 Å². The molecular formula is C22H25NO9S. The number of ether oxygens (including phenoxy) is 4. The first-order valence-corrected chi connectivity index (χ1v) is 10.8. The third kappa shape index (κ3) is 6.46. The predicted octanol–water partition coefficient (Wildman–Crippen LogP) is 2.96. The van der Waals surface area contributed by atoms with Gasteiger partial charge in [0.2, 0.25) is 5.91 Å². The highest BCUT2D eigenvalue weighted by molar-refractivity contribution is 7.78. The molecule has 0 bridgehead atoms. The lowest BCUT2D eigenvalue weighted by atomic mass is 10.0. The predicted molar refractivity (Wildman–Crippen MR) is 122 cm³/mol. The van der Waals surface area contributed by atoms with E-state index in [1.54, 1.807) is 24.3 Å². The fraction of sp³-hybridized carbons (Fsp3) is 0.273. The molecule has 178 valence electrons. The number of hydrogen-bond acceptors (Lipinski definition) is 7. The molecule has 0 saturated carbocycles. The molecule has 2 aromatic carbocycles. The summed E-state index contributed by atoms with van der Waals surface area (Å²) in [7, 11) is 5.74. The van der Waals surface area contributed by atoms with Crippen LogP contribution in [0.3, 0.4) is 0 Å². The van der Waals surface area contributed by atoms with Gasteiger partial charge in [-0.15, -0.1) is 0 Å². The molecule has 0 heterocycles. The third-order valence-corrected chi connectivity index (χ3v) is 5.06. The minimum atomic E-state index is -2.24. The van der Waals surface area contributed by atoms with Gasteiger partial charge in [0.1, 0.15) is 17.9 Å². The number of carboxylic acid groups (broad SMARTS) is 1. The number of rotatable bonds is 11. The number of amides is 1. The molecule has 1 amide bonds. The molecular weight excluding hydrogens is 454 g/mol. The number of methoxy groups -OCH3 is 4. The van der Waals surface area contributed by atoms with Gasteiger partial charge in [-0.05, 0) is 29.8 Å². The minimum Gasteiger partial charge on any atom is -0.496 e. The molecule has 3 N–H and O–H groups in total. The number of anilines is 1. The summed E-state index contributed by atoms with van der Waals surface area (Å²) in [5, 5.41) is 11.3. The number of para-hydroxylation sites is 1. The first-order valence-electron chi connectivity index (χ1n) is 9.51. The summed E-state index contributed by atoms with van der Waals surface area (Å²) in [4.78, 5) is 22.8. The molecule has 1 atom stereocenters. The van der Waals surface area contributed by atoms with Gasteiger partial charge in [-0.25, -0.2) is 4.21 Å². The van der Waals surface area contributed by atoms with Crippen molar-refractivity contribution in [3.8, 4) is 11.5 Å². The van der Waals surface area contributed by atoms with E-state index >= 15 is 0 Å². The average molecular weight is 480 g/mol. The first kappa shape index (κ1) is 25.7. The molecule has 2 aromatic rings. The monoisotopic (exact) mass is 479 g/mol. The second kappa shape index (κ2) is 11.9. The summed E-state index contributed by atoms with van der Waals surface area (Å²) in [5.41, 5.74) is 1.41. The Kier molecular flexibility index (Phi) is 9.25. The Morgan fingerprint density at radius 2 is 1.55 bits per heavy atom. The average Bonchev–Trinajstić information content (AvgIpc) is 2.77. The summed E-state index contributed by atoms with van der Waals surface area (Å²) >= 11 is -2.24. The number of hydrogen-bond donors (Lipinski definition) is 3. The standard InChI is InChI=1S/C22H25NO9S/c1-29-17-8-6-5-7-14(17)21(31-3)22(32-4)15-10-18(30-2)16(9-13(15)12-33(27)28)23-19(24)11-20(25)26/h5-10H,11-12H2,1-4H3,(H,23,24)(H,25,26)(H,27,28). The molecule has 33 heavy (non-hydrogen) atoms. The zero-order valence-corrected chi connectivity index (χ0v) is 19.4.